The molecule has 4 fully saturated rings. The molecule has 0 aromatic heterocycles. The average Bonchev–Trinajstić information content (AvgIpc) is 2.81. The van der Waals surface area contributed by atoms with E-state index in [-0.39, 0.29) is 17.8 Å². The maximum atomic E-state index is 13.8. The molecule has 3 saturated carbocycles. The number of ether oxygens (including phenoxy) is 2. The molecule has 4 aliphatic carbocycles. The van der Waals surface area contributed by atoms with Crippen molar-refractivity contribution < 1.29 is 39.2 Å². The number of hydrogen-bond donors (Lipinski definition) is 3. The maximum Gasteiger partial charge on any atom is 0.335 e. The molecule has 36 heavy (non-hydrogen) atoms. The van der Waals surface area contributed by atoms with Gasteiger partial charge in [0.2, 0.25) is 0 Å². The number of carboxylic acids is 1. The second-order valence-corrected chi connectivity index (χ2v) is 11.5. The van der Waals surface area contributed by atoms with Crippen molar-refractivity contribution in [2.24, 2.45) is 22.2 Å². The third-order valence-corrected chi connectivity index (χ3v) is 10.2. The van der Waals surface area contributed by atoms with E-state index >= 15 is 0 Å². The summed E-state index contributed by atoms with van der Waals surface area (Å²) in [5.41, 5.74) is -1.16. The third-order valence-electron chi connectivity index (χ3n) is 10.2. The van der Waals surface area contributed by atoms with Crippen LogP contribution in [0.15, 0.2) is 41.5 Å². The molecule has 1 spiro atoms. The van der Waals surface area contributed by atoms with Crippen molar-refractivity contribution in [1.82, 2.24) is 0 Å². The maximum absolute atomic E-state index is 13.8. The highest BCUT2D eigenvalue weighted by atomic mass is 16.5. The predicted molar refractivity (Wildman–Crippen MR) is 128 cm³/mol. The van der Waals surface area contributed by atoms with Gasteiger partial charge in [-0.25, -0.2) is 4.79 Å². The zero-order chi connectivity index (χ0) is 26.3. The van der Waals surface area contributed by atoms with Crippen molar-refractivity contribution in [1.29, 1.82) is 0 Å². The van der Waals surface area contributed by atoms with E-state index < -0.39 is 46.0 Å². The second kappa shape index (κ2) is 7.97. The first-order valence-corrected chi connectivity index (χ1v) is 12.6. The topological polar surface area (TPSA) is 130 Å². The van der Waals surface area contributed by atoms with E-state index in [2.05, 4.69) is 0 Å². The fourth-order valence-corrected chi connectivity index (χ4v) is 8.40. The van der Waals surface area contributed by atoms with Crippen LogP contribution >= 0.6 is 0 Å². The highest BCUT2D eigenvalue weighted by molar-refractivity contribution is 5.97. The molecule has 6 rings (SSSR count). The quantitative estimate of drug-likeness (QED) is 0.419. The van der Waals surface area contributed by atoms with Crippen LogP contribution in [0, 0.1) is 22.2 Å². The number of aliphatic hydroxyl groups is 2. The number of Topliss-reactive ketones (excluding diaryl/α,β-unsaturated/α-hetero) is 1. The number of benzene rings is 1. The summed E-state index contributed by atoms with van der Waals surface area (Å²) in [6.07, 6.45) is 0.242. The summed E-state index contributed by atoms with van der Waals surface area (Å²) in [7, 11) is 0. The van der Waals surface area contributed by atoms with E-state index in [1.165, 1.54) is 6.92 Å². The Labute approximate surface area is 210 Å². The molecule has 3 N–H and O–H groups in total. The van der Waals surface area contributed by atoms with Gasteiger partial charge in [0.05, 0.1) is 35.4 Å². The van der Waals surface area contributed by atoms with Gasteiger partial charge in [-0.3, -0.25) is 9.59 Å². The average molecular weight is 499 g/mol. The molecular formula is C28H34O8. The van der Waals surface area contributed by atoms with Crippen molar-refractivity contribution in [2.45, 2.75) is 77.3 Å². The number of ketones is 1. The fourth-order valence-electron chi connectivity index (χ4n) is 8.40. The lowest BCUT2D eigenvalue weighted by atomic mass is 9.22. The van der Waals surface area contributed by atoms with Crippen molar-refractivity contribution in [3.05, 3.63) is 47.0 Å². The van der Waals surface area contributed by atoms with Crippen LogP contribution in [-0.4, -0.2) is 63.6 Å². The number of carbonyl (C=O) groups excluding carboxylic acids is 2. The van der Waals surface area contributed by atoms with Crippen molar-refractivity contribution in [2.75, 3.05) is 6.61 Å². The molecule has 0 bridgehead atoms. The van der Waals surface area contributed by atoms with Gasteiger partial charge in [0.1, 0.15) is 0 Å². The molecule has 1 aliphatic heterocycles. The predicted octanol–water partition coefficient (Wildman–Crippen LogP) is 2.91. The molecule has 8 nitrogen and oxygen atoms in total. The summed E-state index contributed by atoms with van der Waals surface area (Å²) < 4.78 is 11.3. The molecular weight excluding hydrogens is 464 g/mol. The minimum Gasteiger partial charge on any atom is -0.478 e. The van der Waals surface area contributed by atoms with Gasteiger partial charge in [0.25, 0.3) is 0 Å². The fraction of sp³-hybridized carbons (Fsp3) is 0.607. The summed E-state index contributed by atoms with van der Waals surface area (Å²) in [5.74, 6) is -1.49. The third kappa shape index (κ3) is 2.83. The molecule has 2 unspecified atom stereocenters. The number of allylic oxidation sites excluding steroid dienone is 1. The van der Waals surface area contributed by atoms with E-state index in [1.54, 1.807) is 30.3 Å². The van der Waals surface area contributed by atoms with Crippen LogP contribution in [0.25, 0.3) is 0 Å². The number of aliphatic hydroxyl groups excluding tert-OH is 1. The lowest BCUT2D eigenvalue weighted by Gasteiger charge is -2.82. The first-order valence-electron chi connectivity index (χ1n) is 12.6. The van der Waals surface area contributed by atoms with E-state index in [0.717, 1.165) is 11.1 Å². The van der Waals surface area contributed by atoms with E-state index in [4.69, 9.17) is 14.6 Å². The Bertz CT molecular complexity index is 1160. The zero-order valence-corrected chi connectivity index (χ0v) is 21.1. The van der Waals surface area contributed by atoms with Crippen LogP contribution in [-0.2, 0) is 19.1 Å². The Hall–Kier alpha value is -2.55. The van der Waals surface area contributed by atoms with Crippen LogP contribution in [0.2, 0.25) is 0 Å². The molecule has 194 valence electrons. The molecule has 8 atom stereocenters. The minimum atomic E-state index is -1.07. The molecule has 5 aliphatic rings. The number of aromatic carboxylic acids is 1. The smallest absolute Gasteiger partial charge is 0.335 e. The molecule has 1 heterocycles. The van der Waals surface area contributed by atoms with Crippen LogP contribution in [0.5, 0.6) is 0 Å². The number of fused-ring (bicyclic) bond motifs is 1. The first kappa shape index (κ1) is 25.1. The number of hydrogen-bond acceptors (Lipinski definition) is 7. The van der Waals surface area contributed by atoms with E-state index in [0.29, 0.717) is 37.9 Å². The largest absolute Gasteiger partial charge is 0.478 e. The summed E-state index contributed by atoms with van der Waals surface area (Å²) in [5, 5.41) is 31.1. The second-order valence-electron chi connectivity index (χ2n) is 11.5. The number of carboxylic acid groups (broad SMARTS) is 1. The lowest BCUT2D eigenvalue weighted by Crippen LogP contribution is -2.88. The molecule has 0 radical (unpaired) electrons. The van der Waals surface area contributed by atoms with Crippen LogP contribution in [0.4, 0.5) is 0 Å². The van der Waals surface area contributed by atoms with Crippen LogP contribution in [0.1, 0.15) is 63.7 Å². The normalized spacial score (nSPS) is 43.9. The van der Waals surface area contributed by atoms with Gasteiger partial charge >= 0.3 is 11.9 Å². The zero-order valence-electron chi connectivity index (χ0n) is 21.1. The monoisotopic (exact) mass is 498 g/mol. The molecule has 1 aromatic carbocycles. The van der Waals surface area contributed by atoms with Gasteiger partial charge in [0, 0.05) is 30.1 Å². The van der Waals surface area contributed by atoms with Crippen LogP contribution in [0.3, 0.4) is 0 Å². The summed E-state index contributed by atoms with van der Waals surface area (Å²) in [4.78, 5) is 35.8. The number of carbonyl (C=O) groups is 3. The van der Waals surface area contributed by atoms with Gasteiger partial charge in [-0.1, -0.05) is 30.7 Å². The first-order chi connectivity index (χ1) is 16.8. The Kier molecular flexibility index (Phi) is 5.56. The molecule has 8 heteroatoms. The van der Waals surface area contributed by atoms with Crippen LogP contribution < -0.4 is 0 Å². The number of esters is 1. The van der Waals surface area contributed by atoms with E-state index in [1.807, 2.05) is 20.8 Å². The Morgan fingerprint density at radius 2 is 1.83 bits per heavy atom. The van der Waals surface area contributed by atoms with Crippen molar-refractivity contribution in [3.63, 3.8) is 0 Å². The number of rotatable bonds is 2. The van der Waals surface area contributed by atoms with Gasteiger partial charge in [-0.2, -0.15) is 0 Å². The molecule has 1 aromatic rings. The highest BCUT2D eigenvalue weighted by Crippen LogP contribution is 2.83. The SMILES string of the molecule is CC(=O)O[C@H]1C(=O)C2(C)[C@@H](O)C[C@H]3OC[C@H]3C23C[C@]2(O)CCC(C)=C1[C@]32C.O=C(O)c1ccccc1. The summed E-state index contributed by atoms with van der Waals surface area (Å²) >= 11 is 0. The Morgan fingerprint density at radius 3 is 2.36 bits per heavy atom. The van der Waals surface area contributed by atoms with Crippen molar-refractivity contribution >= 4 is 17.7 Å². The molecule has 1 saturated heterocycles. The Balaban J connectivity index is 0.000000252. The Morgan fingerprint density at radius 1 is 1.17 bits per heavy atom. The minimum absolute atomic E-state index is 0.0731. The van der Waals surface area contributed by atoms with Gasteiger partial charge < -0.3 is 24.8 Å². The van der Waals surface area contributed by atoms with Gasteiger partial charge in [0.15, 0.2) is 11.9 Å². The van der Waals surface area contributed by atoms with Gasteiger partial charge in [-0.05, 0) is 50.8 Å². The molecule has 0 amide bonds. The van der Waals surface area contributed by atoms with E-state index in [9.17, 15) is 24.6 Å². The highest BCUT2D eigenvalue weighted by Gasteiger charge is 2.88. The summed E-state index contributed by atoms with van der Waals surface area (Å²) in [6, 6.07) is 8.30. The summed E-state index contributed by atoms with van der Waals surface area (Å²) in [6.45, 7) is 7.70. The van der Waals surface area contributed by atoms with Crippen molar-refractivity contribution in [3.8, 4) is 0 Å². The van der Waals surface area contributed by atoms with Gasteiger partial charge in [-0.15, -0.1) is 0 Å². The lowest BCUT2D eigenvalue weighted by molar-refractivity contribution is -0.385. The standard InChI is InChI=1S/C21H28O6.C7H6O2/c1-10-5-6-20(25)9-21-12-8-26-13(12)7-14(23)18(21,3)17(24)16(27-11(2)22)15(10)19(20,21)4;8-7(9)6-4-2-1-3-5-6/h12-14,16,23,25H,5-9H2,1-4H3;1-5H,(H,8,9)/t12-,13-,14+,16-,18?,19+,20-,21?;/m1./s1.